The van der Waals surface area contributed by atoms with Gasteiger partial charge in [0.25, 0.3) is 5.92 Å². The van der Waals surface area contributed by atoms with Gasteiger partial charge < -0.3 is 15.0 Å². The first kappa shape index (κ1) is 15.5. The minimum absolute atomic E-state index is 0.123. The van der Waals surface area contributed by atoms with Crippen LogP contribution in [-0.4, -0.2) is 47.7 Å². The van der Waals surface area contributed by atoms with Crippen LogP contribution >= 0.6 is 0 Å². The number of hydrogen-bond acceptors (Lipinski definition) is 3. The Bertz CT molecular complexity index is 382. The quantitative estimate of drug-likeness (QED) is 0.746. The number of carbonyl (C=O) groups is 1. The second-order valence-electron chi connectivity index (χ2n) is 6.99. The zero-order valence-corrected chi connectivity index (χ0v) is 12.5. The van der Waals surface area contributed by atoms with Gasteiger partial charge in [-0.05, 0) is 40.0 Å². The molecule has 0 aromatic carbocycles. The molecule has 0 radical (unpaired) electrons. The van der Waals surface area contributed by atoms with Crippen molar-refractivity contribution in [3.05, 3.63) is 0 Å². The molecule has 2 saturated heterocycles. The molecule has 20 heavy (non-hydrogen) atoms. The van der Waals surface area contributed by atoms with Crippen molar-refractivity contribution < 1.29 is 18.3 Å². The second-order valence-corrected chi connectivity index (χ2v) is 6.99. The van der Waals surface area contributed by atoms with E-state index in [-0.39, 0.29) is 19.1 Å². The lowest BCUT2D eigenvalue weighted by molar-refractivity contribution is 0.0144. The Kier molecular flexibility index (Phi) is 3.97. The van der Waals surface area contributed by atoms with Gasteiger partial charge in [0.1, 0.15) is 5.60 Å². The maximum absolute atomic E-state index is 13.4. The molecule has 6 heteroatoms. The van der Waals surface area contributed by atoms with Gasteiger partial charge in [-0.15, -0.1) is 0 Å². The van der Waals surface area contributed by atoms with E-state index in [0.29, 0.717) is 25.9 Å². The number of carbonyl (C=O) groups excluding carboxylic acids is 1. The normalized spacial score (nSPS) is 30.4. The molecule has 1 N–H and O–H groups in total. The molecule has 2 aliphatic rings. The maximum Gasteiger partial charge on any atom is 0.410 e. The first-order chi connectivity index (χ1) is 9.11. The third-order valence-electron chi connectivity index (χ3n) is 3.91. The van der Waals surface area contributed by atoms with Crippen molar-refractivity contribution in [3.8, 4) is 0 Å². The fraction of sp³-hybridized carbons (Fsp3) is 0.929. The SMILES string of the molecule is CC(C)(C)OC(=O)N1CCCC2(CC1)CC(F)(F)CN2. The predicted octanol–water partition coefficient (Wildman–Crippen LogP) is 2.77. The van der Waals surface area contributed by atoms with Crippen molar-refractivity contribution in [1.82, 2.24) is 10.2 Å². The van der Waals surface area contributed by atoms with E-state index in [4.69, 9.17) is 4.74 Å². The van der Waals surface area contributed by atoms with E-state index in [0.717, 1.165) is 6.42 Å². The topological polar surface area (TPSA) is 41.6 Å². The minimum atomic E-state index is -2.62. The number of ether oxygens (including phenoxy) is 1. The molecule has 1 amide bonds. The Hall–Kier alpha value is -0.910. The monoisotopic (exact) mass is 290 g/mol. The fourth-order valence-electron chi connectivity index (χ4n) is 2.99. The highest BCUT2D eigenvalue weighted by Crippen LogP contribution is 2.38. The van der Waals surface area contributed by atoms with E-state index in [2.05, 4.69) is 5.32 Å². The van der Waals surface area contributed by atoms with Crippen LogP contribution in [0.4, 0.5) is 13.6 Å². The minimum Gasteiger partial charge on any atom is -0.444 e. The van der Waals surface area contributed by atoms with Gasteiger partial charge in [0.2, 0.25) is 0 Å². The number of amides is 1. The lowest BCUT2D eigenvalue weighted by atomic mass is 9.88. The highest BCUT2D eigenvalue weighted by atomic mass is 19.3. The first-order valence-electron chi connectivity index (χ1n) is 7.22. The molecule has 2 rings (SSSR count). The third kappa shape index (κ3) is 3.81. The van der Waals surface area contributed by atoms with Crippen LogP contribution in [0, 0.1) is 0 Å². The maximum atomic E-state index is 13.4. The number of hydrogen-bond donors (Lipinski definition) is 1. The summed E-state index contributed by atoms with van der Waals surface area (Å²) < 4.78 is 32.2. The van der Waals surface area contributed by atoms with Gasteiger partial charge >= 0.3 is 6.09 Å². The van der Waals surface area contributed by atoms with E-state index >= 15 is 0 Å². The van der Waals surface area contributed by atoms with E-state index in [1.165, 1.54) is 0 Å². The summed E-state index contributed by atoms with van der Waals surface area (Å²) in [5.41, 5.74) is -1.04. The Morgan fingerprint density at radius 1 is 1.25 bits per heavy atom. The summed E-state index contributed by atoms with van der Waals surface area (Å²) in [4.78, 5) is 13.7. The second kappa shape index (κ2) is 5.13. The van der Waals surface area contributed by atoms with Gasteiger partial charge in [0, 0.05) is 25.0 Å². The number of alkyl halides is 2. The van der Waals surface area contributed by atoms with Crippen LogP contribution in [0.25, 0.3) is 0 Å². The lowest BCUT2D eigenvalue weighted by Crippen LogP contribution is -2.42. The number of likely N-dealkylation sites (tertiary alicyclic amines) is 1. The zero-order valence-electron chi connectivity index (χ0n) is 12.5. The van der Waals surface area contributed by atoms with E-state index in [1.54, 1.807) is 4.90 Å². The van der Waals surface area contributed by atoms with Crippen LogP contribution in [0.5, 0.6) is 0 Å². The molecule has 2 aliphatic heterocycles. The average Bonchev–Trinajstić information content (AvgIpc) is 2.45. The zero-order chi connectivity index (χ0) is 15.0. The molecule has 1 unspecified atom stereocenters. The van der Waals surface area contributed by atoms with Crippen molar-refractivity contribution in [2.75, 3.05) is 19.6 Å². The highest BCUT2D eigenvalue weighted by Gasteiger charge is 2.49. The van der Waals surface area contributed by atoms with Crippen LogP contribution in [0.2, 0.25) is 0 Å². The average molecular weight is 290 g/mol. The Balaban J connectivity index is 1.95. The Morgan fingerprint density at radius 3 is 2.50 bits per heavy atom. The van der Waals surface area contributed by atoms with Crippen molar-refractivity contribution in [1.29, 1.82) is 0 Å². The van der Waals surface area contributed by atoms with E-state index < -0.39 is 17.1 Å². The van der Waals surface area contributed by atoms with Gasteiger partial charge in [0.05, 0.1) is 6.54 Å². The Labute approximate surface area is 118 Å². The van der Waals surface area contributed by atoms with Crippen molar-refractivity contribution in [2.45, 2.75) is 63.5 Å². The lowest BCUT2D eigenvalue weighted by Gasteiger charge is -2.29. The fourth-order valence-corrected chi connectivity index (χ4v) is 2.99. The molecule has 4 nitrogen and oxygen atoms in total. The summed E-state index contributed by atoms with van der Waals surface area (Å²) in [6.07, 6.45) is 1.49. The summed E-state index contributed by atoms with van der Waals surface area (Å²) in [5, 5.41) is 2.98. The van der Waals surface area contributed by atoms with E-state index in [9.17, 15) is 13.6 Å². The molecule has 2 heterocycles. The van der Waals surface area contributed by atoms with Gasteiger partial charge in [0.15, 0.2) is 0 Å². The molecule has 0 aliphatic carbocycles. The summed E-state index contributed by atoms with van der Waals surface area (Å²) >= 11 is 0. The van der Waals surface area contributed by atoms with Crippen molar-refractivity contribution in [2.24, 2.45) is 0 Å². The first-order valence-corrected chi connectivity index (χ1v) is 7.22. The molecule has 0 aromatic rings. The molecule has 0 bridgehead atoms. The summed E-state index contributed by atoms with van der Waals surface area (Å²) in [5.74, 6) is -2.62. The number of halogens is 2. The third-order valence-corrected chi connectivity index (χ3v) is 3.91. The summed E-state index contributed by atoms with van der Waals surface area (Å²) in [6.45, 7) is 6.26. The molecule has 116 valence electrons. The van der Waals surface area contributed by atoms with Gasteiger partial charge in [-0.3, -0.25) is 0 Å². The predicted molar refractivity (Wildman–Crippen MR) is 72.0 cm³/mol. The number of nitrogens with one attached hydrogen (secondary N) is 1. The number of rotatable bonds is 0. The Morgan fingerprint density at radius 2 is 1.95 bits per heavy atom. The smallest absolute Gasteiger partial charge is 0.410 e. The largest absolute Gasteiger partial charge is 0.444 e. The molecule has 0 aromatic heterocycles. The molecular formula is C14H24F2N2O2. The van der Waals surface area contributed by atoms with Gasteiger partial charge in [-0.2, -0.15) is 0 Å². The van der Waals surface area contributed by atoms with Gasteiger partial charge in [-0.25, -0.2) is 13.6 Å². The van der Waals surface area contributed by atoms with Crippen LogP contribution in [-0.2, 0) is 4.74 Å². The standard InChI is InChI=1S/C14H24F2N2O2/c1-12(2,3)20-11(19)18-7-4-5-13(6-8-18)9-14(15,16)10-17-13/h17H,4-10H2,1-3H3. The van der Waals surface area contributed by atoms with Crippen LogP contribution in [0.15, 0.2) is 0 Å². The summed E-state index contributed by atoms with van der Waals surface area (Å²) in [6, 6.07) is 0. The molecule has 1 atom stereocenters. The van der Waals surface area contributed by atoms with Crippen molar-refractivity contribution >= 4 is 6.09 Å². The van der Waals surface area contributed by atoms with Crippen molar-refractivity contribution in [3.63, 3.8) is 0 Å². The number of nitrogens with zero attached hydrogens (tertiary/aromatic N) is 1. The van der Waals surface area contributed by atoms with Crippen LogP contribution in [0.1, 0.15) is 46.5 Å². The summed E-state index contributed by atoms with van der Waals surface area (Å²) in [7, 11) is 0. The van der Waals surface area contributed by atoms with Crippen LogP contribution in [0.3, 0.4) is 0 Å². The molecule has 1 spiro atoms. The van der Waals surface area contributed by atoms with Crippen LogP contribution < -0.4 is 5.32 Å². The molecule has 0 saturated carbocycles. The van der Waals surface area contributed by atoms with Gasteiger partial charge in [-0.1, -0.05) is 0 Å². The molecule has 2 fully saturated rings. The molecular weight excluding hydrogens is 266 g/mol. The van der Waals surface area contributed by atoms with E-state index in [1.807, 2.05) is 20.8 Å². The highest BCUT2D eigenvalue weighted by molar-refractivity contribution is 5.68.